The highest BCUT2D eigenvalue weighted by Crippen LogP contribution is 2.35. The monoisotopic (exact) mass is 311 g/mol. The zero-order valence-electron chi connectivity index (χ0n) is 12.5. The lowest BCUT2D eigenvalue weighted by atomic mass is 10.0. The summed E-state index contributed by atoms with van der Waals surface area (Å²) in [5, 5.41) is 0.708. The molecule has 0 saturated carbocycles. The number of ketones is 1. The molecule has 2 aromatic rings. The summed E-state index contributed by atoms with van der Waals surface area (Å²) in [6.07, 6.45) is 7.73. The number of anilines is 2. The topological polar surface area (TPSA) is 46.1 Å². The van der Waals surface area contributed by atoms with Crippen LogP contribution in [-0.4, -0.2) is 28.6 Å². The summed E-state index contributed by atoms with van der Waals surface area (Å²) < 4.78 is 0. The summed E-state index contributed by atoms with van der Waals surface area (Å²) in [5.74, 6) is 0.897. The van der Waals surface area contributed by atoms with E-state index in [1.54, 1.807) is 6.20 Å². The second-order valence-electron chi connectivity index (χ2n) is 5.73. The molecule has 112 valence electrons. The van der Waals surface area contributed by atoms with Crippen LogP contribution in [0.2, 0.25) is 0 Å². The Morgan fingerprint density at radius 3 is 2.91 bits per heavy atom. The SMILES string of the molecule is CSc1ncc2c(n1)N(c1ccc3c(c1)CCC3)CCC2=O. The largest absolute Gasteiger partial charge is 0.325 e. The molecule has 1 aromatic heterocycles. The van der Waals surface area contributed by atoms with Crippen LogP contribution in [0.4, 0.5) is 11.5 Å². The highest BCUT2D eigenvalue weighted by molar-refractivity contribution is 7.98. The Labute approximate surface area is 134 Å². The van der Waals surface area contributed by atoms with Crippen molar-refractivity contribution in [3.8, 4) is 0 Å². The minimum atomic E-state index is 0.139. The number of carbonyl (C=O) groups is 1. The van der Waals surface area contributed by atoms with Crippen LogP contribution < -0.4 is 4.90 Å². The lowest BCUT2D eigenvalue weighted by Crippen LogP contribution is -2.29. The molecule has 0 N–H and O–H groups in total. The molecule has 0 fully saturated rings. The number of thioether (sulfide) groups is 1. The molecule has 0 radical (unpaired) electrons. The van der Waals surface area contributed by atoms with E-state index in [2.05, 4.69) is 33.1 Å². The van der Waals surface area contributed by atoms with Crippen LogP contribution in [0.1, 0.15) is 34.3 Å². The number of benzene rings is 1. The van der Waals surface area contributed by atoms with E-state index in [-0.39, 0.29) is 5.78 Å². The fourth-order valence-corrected chi connectivity index (χ4v) is 3.63. The Morgan fingerprint density at radius 2 is 2.05 bits per heavy atom. The average Bonchev–Trinajstić information content (AvgIpc) is 3.02. The van der Waals surface area contributed by atoms with Gasteiger partial charge in [0, 0.05) is 24.8 Å². The summed E-state index contributed by atoms with van der Waals surface area (Å²) >= 11 is 1.50. The van der Waals surface area contributed by atoms with Crippen molar-refractivity contribution in [2.45, 2.75) is 30.8 Å². The Kier molecular flexibility index (Phi) is 3.37. The number of aromatic nitrogens is 2. The van der Waals surface area contributed by atoms with Crippen LogP contribution in [0, 0.1) is 0 Å². The molecule has 4 rings (SSSR count). The quantitative estimate of drug-likeness (QED) is 0.628. The molecule has 2 aliphatic rings. The number of hydrogen-bond donors (Lipinski definition) is 0. The maximum Gasteiger partial charge on any atom is 0.189 e. The molecule has 1 aliphatic heterocycles. The molecule has 0 atom stereocenters. The van der Waals surface area contributed by atoms with Gasteiger partial charge in [0.05, 0.1) is 5.56 Å². The zero-order chi connectivity index (χ0) is 15.1. The molecular formula is C17H17N3OS. The van der Waals surface area contributed by atoms with E-state index in [0.717, 1.165) is 17.9 Å². The van der Waals surface area contributed by atoms with E-state index >= 15 is 0 Å². The highest BCUT2D eigenvalue weighted by atomic mass is 32.2. The van der Waals surface area contributed by atoms with Crippen molar-refractivity contribution in [3.63, 3.8) is 0 Å². The van der Waals surface area contributed by atoms with Crippen LogP contribution in [-0.2, 0) is 12.8 Å². The van der Waals surface area contributed by atoms with Gasteiger partial charge >= 0.3 is 0 Å². The smallest absolute Gasteiger partial charge is 0.189 e. The van der Waals surface area contributed by atoms with Gasteiger partial charge in [-0.25, -0.2) is 9.97 Å². The molecule has 1 aromatic carbocycles. The van der Waals surface area contributed by atoms with Gasteiger partial charge in [-0.2, -0.15) is 0 Å². The van der Waals surface area contributed by atoms with Crippen LogP contribution in [0.3, 0.4) is 0 Å². The van der Waals surface area contributed by atoms with Crippen molar-refractivity contribution < 1.29 is 4.79 Å². The number of rotatable bonds is 2. The summed E-state index contributed by atoms with van der Waals surface area (Å²) in [6, 6.07) is 6.65. The molecule has 5 heteroatoms. The fraction of sp³-hybridized carbons (Fsp3) is 0.353. The lowest BCUT2D eigenvalue weighted by Gasteiger charge is -2.29. The van der Waals surface area contributed by atoms with Crippen molar-refractivity contribution in [3.05, 3.63) is 41.1 Å². The number of nitrogens with zero attached hydrogens (tertiary/aromatic N) is 3. The lowest BCUT2D eigenvalue weighted by molar-refractivity contribution is 0.0980. The molecule has 0 saturated heterocycles. The minimum Gasteiger partial charge on any atom is -0.325 e. The Balaban J connectivity index is 1.80. The number of fused-ring (bicyclic) bond motifs is 2. The Morgan fingerprint density at radius 1 is 1.18 bits per heavy atom. The van der Waals surface area contributed by atoms with Crippen LogP contribution >= 0.6 is 11.8 Å². The molecule has 0 unspecified atom stereocenters. The van der Waals surface area contributed by atoms with E-state index < -0.39 is 0 Å². The van der Waals surface area contributed by atoms with Gasteiger partial charge in [0.15, 0.2) is 10.9 Å². The second kappa shape index (κ2) is 5.39. The van der Waals surface area contributed by atoms with Gasteiger partial charge < -0.3 is 4.90 Å². The standard InChI is InChI=1S/C17H17N3OS/c1-22-17-18-10-14-15(21)7-8-20(16(14)19-17)13-6-5-11-3-2-4-12(11)9-13/h5-6,9-10H,2-4,7-8H2,1H3. The highest BCUT2D eigenvalue weighted by Gasteiger charge is 2.27. The predicted octanol–water partition coefficient (Wildman–Crippen LogP) is 3.41. The molecule has 1 aliphatic carbocycles. The first-order valence-electron chi connectivity index (χ1n) is 7.60. The van der Waals surface area contributed by atoms with Gasteiger partial charge in [-0.15, -0.1) is 0 Å². The second-order valence-corrected chi connectivity index (χ2v) is 6.50. The Bertz CT molecular complexity index is 760. The summed E-state index contributed by atoms with van der Waals surface area (Å²) in [4.78, 5) is 23.1. The van der Waals surface area contributed by atoms with Crippen molar-refractivity contribution in [1.82, 2.24) is 9.97 Å². The van der Waals surface area contributed by atoms with Crippen molar-refractivity contribution in [2.24, 2.45) is 0 Å². The van der Waals surface area contributed by atoms with Gasteiger partial charge in [0.1, 0.15) is 5.82 Å². The van der Waals surface area contributed by atoms with Gasteiger partial charge in [-0.3, -0.25) is 4.79 Å². The molecule has 0 spiro atoms. The summed E-state index contributed by atoms with van der Waals surface area (Å²) in [7, 11) is 0. The van der Waals surface area contributed by atoms with Gasteiger partial charge in [-0.05, 0) is 48.8 Å². The minimum absolute atomic E-state index is 0.139. The number of Topliss-reactive ketones (excluding diaryl/α,β-unsaturated/α-hetero) is 1. The first kappa shape index (κ1) is 13.8. The normalized spacial score (nSPS) is 16.6. The van der Waals surface area contributed by atoms with Crippen LogP contribution in [0.5, 0.6) is 0 Å². The van der Waals surface area contributed by atoms with E-state index in [1.165, 1.54) is 35.7 Å². The molecule has 2 heterocycles. The molecule has 0 amide bonds. The number of aryl methyl sites for hydroxylation is 2. The molecule has 22 heavy (non-hydrogen) atoms. The van der Waals surface area contributed by atoms with Crippen LogP contribution in [0.15, 0.2) is 29.6 Å². The summed E-state index contributed by atoms with van der Waals surface area (Å²) in [5.41, 5.74) is 4.68. The van der Waals surface area contributed by atoms with Crippen molar-refractivity contribution in [2.75, 3.05) is 17.7 Å². The first-order valence-corrected chi connectivity index (χ1v) is 8.82. The maximum atomic E-state index is 12.1. The van der Waals surface area contributed by atoms with Crippen LogP contribution in [0.25, 0.3) is 0 Å². The molecular weight excluding hydrogens is 294 g/mol. The molecule has 4 nitrogen and oxygen atoms in total. The third kappa shape index (κ3) is 2.20. The van der Waals surface area contributed by atoms with Gasteiger partial charge in [-0.1, -0.05) is 17.8 Å². The fourth-order valence-electron chi connectivity index (χ4n) is 3.29. The van der Waals surface area contributed by atoms with E-state index in [0.29, 0.717) is 23.7 Å². The van der Waals surface area contributed by atoms with E-state index in [1.807, 2.05) is 6.26 Å². The van der Waals surface area contributed by atoms with E-state index in [4.69, 9.17) is 0 Å². The van der Waals surface area contributed by atoms with Gasteiger partial charge in [0.25, 0.3) is 0 Å². The van der Waals surface area contributed by atoms with E-state index in [9.17, 15) is 4.79 Å². The predicted molar refractivity (Wildman–Crippen MR) is 88.2 cm³/mol. The first-order chi connectivity index (χ1) is 10.8. The average molecular weight is 311 g/mol. The van der Waals surface area contributed by atoms with Crippen molar-refractivity contribution >= 4 is 29.1 Å². The van der Waals surface area contributed by atoms with Crippen molar-refractivity contribution in [1.29, 1.82) is 0 Å². The maximum absolute atomic E-state index is 12.1. The number of carbonyl (C=O) groups excluding carboxylic acids is 1. The third-order valence-corrected chi connectivity index (χ3v) is 5.00. The third-order valence-electron chi connectivity index (χ3n) is 4.44. The Hall–Kier alpha value is -1.88. The van der Waals surface area contributed by atoms with Gasteiger partial charge in [0.2, 0.25) is 0 Å². The summed E-state index contributed by atoms with van der Waals surface area (Å²) in [6.45, 7) is 0.690. The molecule has 0 bridgehead atoms. The zero-order valence-corrected chi connectivity index (χ0v) is 13.3. The number of hydrogen-bond acceptors (Lipinski definition) is 5.